The quantitative estimate of drug-likeness (QED) is 0.0200. The largest absolute Gasteiger partial charge is 0.460 e. The fraction of sp³-hybridized carbons (Fsp3) is 0.788. The smallest absolute Gasteiger partial charge is 0.304 e. The van der Waals surface area contributed by atoms with Gasteiger partial charge in [0.15, 0.2) is 31.2 Å². The van der Waals surface area contributed by atoms with Gasteiger partial charge in [0.2, 0.25) is 12.6 Å². The van der Waals surface area contributed by atoms with Gasteiger partial charge in [0.05, 0.1) is 12.6 Å². The lowest BCUT2D eigenvalue weighted by Crippen LogP contribution is -2.63. The van der Waals surface area contributed by atoms with Crippen LogP contribution >= 0.6 is 0 Å². The minimum atomic E-state index is -1.64. The van der Waals surface area contributed by atoms with Crippen molar-refractivity contribution in [2.45, 2.75) is 252 Å². The van der Waals surface area contributed by atoms with Crippen molar-refractivity contribution < 1.29 is 76.2 Å². The van der Waals surface area contributed by atoms with Crippen LogP contribution in [0.25, 0.3) is 0 Å². The highest BCUT2D eigenvalue weighted by Crippen LogP contribution is 2.31. The van der Waals surface area contributed by atoms with Crippen LogP contribution in [0.15, 0.2) is 24.3 Å². The van der Waals surface area contributed by atoms with Crippen molar-refractivity contribution in [1.82, 2.24) is 5.32 Å². The first-order chi connectivity index (χ1) is 33.1. The van der Waals surface area contributed by atoms with Gasteiger partial charge >= 0.3 is 35.8 Å². The van der Waals surface area contributed by atoms with Gasteiger partial charge in [-0.1, -0.05) is 128 Å². The van der Waals surface area contributed by atoms with Gasteiger partial charge in [-0.25, -0.2) is 0 Å². The third-order valence-corrected chi connectivity index (χ3v) is 11.2. The van der Waals surface area contributed by atoms with E-state index >= 15 is 0 Å². The van der Waals surface area contributed by atoms with Gasteiger partial charge in [0.25, 0.3) is 5.91 Å². The second kappa shape index (κ2) is 39.4. The summed E-state index contributed by atoms with van der Waals surface area (Å²) >= 11 is 0. The van der Waals surface area contributed by atoms with Gasteiger partial charge in [-0.05, 0) is 51.4 Å². The van der Waals surface area contributed by atoms with E-state index in [1.54, 1.807) is 0 Å². The number of ether oxygens (including phenoxy) is 9. The Kier molecular flexibility index (Phi) is 35.8. The van der Waals surface area contributed by atoms with Gasteiger partial charge in [0.1, 0.15) is 6.10 Å². The Morgan fingerprint density at radius 3 is 1.42 bits per heavy atom. The molecule has 1 aliphatic rings. The normalized spacial score (nSPS) is 19.3. The maximum absolute atomic E-state index is 14.1. The third kappa shape index (κ3) is 31.5. The number of hydrogen-bond donors (Lipinski definition) is 1. The molecule has 1 saturated heterocycles. The van der Waals surface area contributed by atoms with Crippen LogP contribution in [0.1, 0.15) is 203 Å². The number of esters is 6. The highest BCUT2D eigenvalue weighted by atomic mass is 16.8. The van der Waals surface area contributed by atoms with Crippen LogP contribution in [-0.2, 0) is 76.2 Å². The number of carbonyl (C=O) groups excluding carboxylic acids is 7. The van der Waals surface area contributed by atoms with Crippen molar-refractivity contribution in [3.05, 3.63) is 24.3 Å². The first-order valence-corrected chi connectivity index (χ1v) is 25.6. The summed E-state index contributed by atoms with van der Waals surface area (Å²) in [5.74, 6) is -5.18. The van der Waals surface area contributed by atoms with E-state index < -0.39 is 104 Å². The molecular weight excluding hydrogens is 895 g/mol. The predicted octanol–water partition coefficient (Wildman–Crippen LogP) is 9.49. The van der Waals surface area contributed by atoms with Crippen molar-refractivity contribution in [3.8, 4) is 0 Å². The Hall–Kier alpha value is -4.35. The molecule has 0 bridgehead atoms. The molecule has 0 aromatic rings. The lowest BCUT2D eigenvalue weighted by molar-refractivity contribution is -0.360. The van der Waals surface area contributed by atoms with E-state index in [-0.39, 0.29) is 12.8 Å². The fourth-order valence-electron chi connectivity index (χ4n) is 7.83. The SMILES string of the molecule is CCCCCC=CCCCCCC=CCC(OC(C)=O)C(COC1OC(OCOC(C)=O)C(OC(C)=O)C(OC(C)=O)C1OC(C)=O)NC(=O)C(CCCCCCCCCCCCCC)OC(C)=O. The van der Waals surface area contributed by atoms with E-state index in [2.05, 4.69) is 31.3 Å². The molecule has 396 valence electrons. The first kappa shape index (κ1) is 62.7. The number of unbranched alkanes of at least 4 members (excludes halogenated alkanes) is 18. The van der Waals surface area contributed by atoms with Crippen LogP contribution in [0, 0.1) is 0 Å². The van der Waals surface area contributed by atoms with E-state index in [9.17, 15) is 33.6 Å². The van der Waals surface area contributed by atoms with E-state index in [0.29, 0.717) is 6.42 Å². The van der Waals surface area contributed by atoms with Crippen molar-refractivity contribution in [1.29, 1.82) is 0 Å². The average Bonchev–Trinajstić information content (AvgIpc) is 3.27. The second-order valence-corrected chi connectivity index (χ2v) is 17.7. The highest BCUT2D eigenvalue weighted by Gasteiger charge is 2.53. The second-order valence-electron chi connectivity index (χ2n) is 17.7. The fourth-order valence-corrected chi connectivity index (χ4v) is 7.83. The molecule has 1 heterocycles. The third-order valence-electron chi connectivity index (χ3n) is 11.2. The van der Waals surface area contributed by atoms with Crippen LogP contribution in [-0.4, -0.2) is 104 Å². The summed E-state index contributed by atoms with van der Waals surface area (Å²) in [5.41, 5.74) is 0. The maximum atomic E-state index is 14.1. The zero-order valence-corrected chi connectivity index (χ0v) is 43.1. The number of amides is 1. The van der Waals surface area contributed by atoms with Crippen molar-refractivity contribution in [3.63, 3.8) is 0 Å². The Balaban J connectivity index is 3.39. The van der Waals surface area contributed by atoms with E-state index in [0.717, 1.165) is 91.9 Å². The van der Waals surface area contributed by atoms with E-state index in [1.807, 2.05) is 12.2 Å². The standard InChI is InChI=1S/C52H87NO16/c1-9-11-13-15-17-19-21-23-25-26-28-30-32-34-45(64-39(4)55)44(53-50(60)46(65-40(5)56)35-33-31-29-27-24-22-20-18-16-14-12-10-2)36-61-51-48(67-42(7)58)47(66-41(6)57)49(68-43(8)59)52(69-51)63-37-62-38(3)54/h17,19,30,32,44-49,51-52H,9-16,18,20-29,31,33-37H2,1-8H3,(H,53,60). The molecule has 8 unspecified atom stereocenters. The number of hydrogen-bond acceptors (Lipinski definition) is 16. The van der Waals surface area contributed by atoms with Crippen LogP contribution in [0.2, 0.25) is 0 Å². The molecule has 0 aromatic heterocycles. The summed E-state index contributed by atoms with van der Waals surface area (Å²) in [6.07, 6.45) is 21.6. The minimum Gasteiger partial charge on any atom is -0.460 e. The molecule has 0 spiro atoms. The molecule has 0 radical (unpaired) electrons. The molecule has 8 atom stereocenters. The molecule has 69 heavy (non-hydrogen) atoms. The predicted molar refractivity (Wildman–Crippen MR) is 258 cm³/mol. The number of rotatable bonds is 39. The topological polar surface area (TPSA) is 215 Å². The molecule has 17 nitrogen and oxygen atoms in total. The van der Waals surface area contributed by atoms with Crippen LogP contribution < -0.4 is 5.32 Å². The van der Waals surface area contributed by atoms with E-state index in [1.165, 1.54) is 78.1 Å². The minimum absolute atomic E-state index is 0.142. The summed E-state index contributed by atoms with van der Waals surface area (Å²) in [6, 6.07) is -1.13. The molecule has 0 saturated carbocycles. The van der Waals surface area contributed by atoms with Crippen LogP contribution in [0.5, 0.6) is 0 Å². The Bertz CT molecular complexity index is 1530. The summed E-state index contributed by atoms with van der Waals surface area (Å²) in [4.78, 5) is 87.9. The number of carbonyl (C=O) groups is 7. The molecule has 1 fully saturated rings. The number of allylic oxidation sites excluding steroid dienone is 3. The number of nitrogens with one attached hydrogen (secondary N) is 1. The van der Waals surface area contributed by atoms with Gasteiger partial charge < -0.3 is 47.9 Å². The highest BCUT2D eigenvalue weighted by molar-refractivity contribution is 5.83. The molecule has 1 amide bonds. The summed E-state index contributed by atoms with van der Waals surface area (Å²) in [5, 5.41) is 2.88. The van der Waals surface area contributed by atoms with Crippen LogP contribution in [0.4, 0.5) is 0 Å². The Morgan fingerprint density at radius 1 is 0.493 bits per heavy atom. The maximum Gasteiger partial charge on any atom is 0.304 e. The van der Waals surface area contributed by atoms with Gasteiger partial charge in [-0.15, -0.1) is 0 Å². The van der Waals surface area contributed by atoms with Crippen molar-refractivity contribution >= 4 is 41.7 Å². The summed E-state index contributed by atoms with van der Waals surface area (Å²) < 4.78 is 50.7. The summed E-state index contributed by atoms with van der Waals surface area (Å²) in [7, 11) is 0. The first-order valence-electron chi connectivity index (χ1n) is 25.6. The molecular formula is C52H87NO16. The monoisotopic (exact) mass is 982 g/mol. The van der Waals surface area contributed by atoms with Gasteiger partial charge in [0, 0.05) is 48.0 Å². The van der Waals surface area contributed by atoms with Crippen LogP contribution in [0.3, 0.4) is 0 Å². The molecule has 17 heteroatoms. The average molecular weight is 982 g/mol. The van der Waals surface area contributed by atoms with Gasteiger partial charge in [-0.2, -0.15) is 0 Å². The van der Waals surface area contributed by atoms with Gasteiger partial charge in [-0.3, -0.25) is 33.6 Å². The Labute approximate surface area is 412 Å². The van der Waals surface area contributed by atoms with Crippen molar-refractivity contribution in [2.75, 3.05) is 13.4 Å². The molecule has 0 aromatic carbocycles. The Morgan fingerprint density at radius 2 is 0.928 bits per heavy atom. The summed E-state index contributed by atoms with van der Waals surface area (Å²) in [6.45, 7) is 10.1. The molecule has 1 rings (SSSR count). The lowest BCUT2D eigenvalue weighted by atomic mass is 10.0. The molecule has 0 aliphatic carbocycles. The lowest BCUT2D eigenvalue weighted by Gasteiger charge is -2.44. The van der Waals surface area contributed by atoms with E-state index in [4.69, 9.17) is 42.6 Å². The molecule has 1 N–H and O–H groups in total. The molecule has 1 aliphatic heterocycles. The van der Waals surface area contributed by atoms with Crippen molar-refractivity contribution in [2.24, 2.45) is 0 Å². The zero-order chi connectivity index (χ0) is 51.2. The zero-order valence-electron chi connectivity index (χ0n) is 43.1.